The van der Waals surface area contributed by atoms with Crippen LogP contribution in [0.1, 0.15) is 45.7 Å². The van der Waals surface area contributed by atoms with Crippen molar-refractivity contribution in [3.63, 3.8) is 0 Å². The van der Waals surface area contributed by atoms with E-state index in [9.17, 15) is 111 Å². The normalized spacial score (nSPS) is 12.1. The summed E-state index contributed by atoms with van der Waals surface area (Å²) in [5.74, 6) is -43.1. The maximum absolute atomic E-state index is 15.0. The topological polar surface area (TPSA) is 292 Å². The number of pyridine rings is 3. The first-order valence-corrected chi connectivity index (χ1v) is 48.1. The zero-order valence-corrected chi connectivity index (χ0v) is 84.8. The van der Waals surface area contributed by atoms with Gasteiger partial charge in [-0.05, 0) is 154 Å². The summed E-state index contributed by atoms with van der Waals surface area (Å²) in [6.07, 6.45) is 1.54. The van der Waals surface area contributed by atoms with E-state index in [-0.39, 0.29) is 56.1 Å². The lowest BCUT2D eigenvalue weighted by molar-refractivity contribution is -0.127. The summed E-state index contributed by atoms with van der Waals surface area (Å²) in [6.45, 7) is 13.9. The molecule has 3 amide bonds. The van der Waals surface area contributed by atoms with E-state index in [1.54, 1.807) is 56.7 Å². The van der Waals surface area contributed by atoms with Crippen molar-refractivity contribution in [1.82, 2.24) is 32.6 Å². The highest BCUT2D eigenvalue weighted by atomic mass is 79.9. The number of phenolic OH excluding ortho intramolecular Hbond substituents is 1. The van der Waals surface area contributed by atoms with Gasteiger partial charge in [-0.1, -0.05) is 116 Å². The zero-order valence-electron chi connectivity index (χ0n) is 76.0. The molecule has 4 aromatic heterocycles. The lowest BCUT2D eigenvalue weighted by atomic mass is 10.1. The lowest BCUT2D eigenvalue weighted by Gasteiger charge is -2.18. The van der Waals surface area contributed by atoms with Gasteiger partial charge >= 0.3 is 26.3 Å². The molecule has 0 saturated carbocycles. The fourth-order valence-corrected chi connectivity index (χ4v) is 17.5. The molecule has 0 unspecified atom stereocenters. The number of fused-ring (bicyclic) bond motifs is 3. The Labute approximate surface area is 855 Å². The molecule has 16 rings (SSSR count). The van der Waals surface area contributed by atoms with E-state index < -0.39 is 175 Å². The summed E-state index contributed by atoms with van der Waals surface area (Å²) in [7, 11) is -5.08. The minimum atomic E-state index is -5.46. The minimum Gasteiger partial charge on any atom is -0.503 e. The number of ether oxygens (including phenoxy) is 4. The Hall–Kier alpha value is -13.4. The highest BCUT2D eigenvalue weighted by molar-refractivity contribution is 9.11. The highest BCUT2D eigenvalue weighted by Crippen LogP contribution is 2.41. The summed E-state index contributed by atoms with van der Waals surface area (Å²) in [5, 5.41) is 15.9. The standard InChI is InChI=1S/C23H17BrFNO2S.2C22H10BrF6NO5S.C11H12N2O2.C6HF5O.C6H15N.C5H6Cl2N2O2/c1-28-21-12-17(24)8-9-19(21)26-20-13-18(25)22(11-16(20)7-10-23(26)27)29-14-15-5-3-2-4-6-15;2*1-34-14-7-10(23)3-4-12(14)30-13-8-11(24)15(6-9(13)2-5-16(30)31)36(32,33)35-22-20(28)18(26)17(25)19(27)21(22)29;1-14-10-4-2-9(3-5-10)8-12-11-6-7-15-13-11;7-1-2(8)4(10)6(12)5(11)3(1)9;1-4-7(5-2)6-3;1-5(2)3(10)8(6)4(11)9(5)7/h2-13H,14H2,1H3;2*2-8H,1H3;2-7H,8H2,1H3,(H,12,13);12H;4-6H2,1-3H3;1-2H3. The van der Waals surface area contributed by atoms with Crippen LogP contribution in [0.5, 0.6) is 40.2 Å². The number of hydrogen-bond acceptors (Lipinski definition) is 21. The molecule has 51 heteroatoms. The Morgan fingerprint density at radius 1 is 0.432 bits per heavy atom. The Bertz CT molecular complexity index is 7480. The van der Waals surface area contributed by atoms with Crippen molar-refractivity contribution in [2.45, 2.75) is 67.1 Å². The number of nitrogens with zero attached hydrogens (tertiary/aromatic N) is 7. The van der Waals surface area contributed by atoms with Gasteiger partial charge in [0, 0.05) is 107 Å². The summed E-state index contributed by atoms with van der Waals surface area (Å²) in [4.78, 5) is 60.3. The SMILES string of the molecule is CC1(C)C(=O)N(Cl)C(=O)N1Cl.CCN(CC)CC.COc1cc(Br)ccc1-n1c(=O)ccc2cc(S(=O)(=O)Oc3c(F)c(F)c(F)c(F)c3F)c(F)cc21.COc1cc(Br)ccc1-n1c(=O)ccc2cc(S(=O)(=O)Oc3c(F)c(F)c(F)c(F)c3F)c(F)cc21.COc1cc(Br)ccc1-n1c(=O)ccc2cc(SCc3ccccc3)c(F)cc21.COc1ccc(CNc2ccon2)cc1.Oc1c(F)c(F)c(F)c(F)c1F. The van der Waals surface area contributed by atoms with Gasteiger partial charge in [-0.2, -0.15) is 47.6 Å². The molecule has 2 N–H and O–H groups in total. The Balaban J connectivity index is 0.000000186. The predicted octanol–water partition coefficient (Wildman–Crippen LogP) is 24.0. The van der Waals surface area contributed by atoms with Gasteiger partial charge in [-0.25, -0.2) is 61.9 Å². The Morgan fingerprint density at radius 2 is 0.788 bits per heavy atom. The fraction of sp³-hybridized carbons (Fsp3) is 0.158. The van der Waals surface area contributed by atoms with Gasteiger partial charge in [0.05, 0.1) is 62.1 Å². The molecule has 1 saturated heterocycles. The zero-order chi connectivity index (χ0) is 108. The van der Waals surface area contributed by atoms with Crippen LogP contribution in [0.3, 0.4) is 0 Å². The predicted molar refractivity (Wildman–Crippen MR) is 513 cm³/mol. The molecule has 772 valence electrons. The molecule has 1 aliphatic heterocycles. The molecule has 1 fully saturated rings. The van der Waals surface area contributed by atoms with Crippen molar-refractivity contribution in [3.8, 4) is 57.3 Å². The summed E-state index contributed by atoms with van der Waals surface area (Å²) in [5.41, 5.74) is 0.865. The van der Waals surface area contributed by atoms with Gasteiger partial charge in [0.1, 0.15) is 62.0 Å². The fourth-order valence-electron chi connectivity index (χ4n) is 13.1. The molecule has 5 heterocycles. The average molecular weight is 2350 g/mol. The summed E-state index contributed by atoms with van der Waals surface area (Å²) >= 11 is 22.1. The molecule has 0 aliphatic carbocycles. The maximum atomic E-state index is 15.0. The largest absolute Gasteiger partial charge is 0.503 e. The van der Waals surface area contributed by atoms with Crippen LogP contribution in [0.25, 0.3) is 49.8 Å². The Kier molecular flexibility index (Phi) is 38.6. The van der Waals surface area contributed by atoms with Crippen LogP contribution in [0.4, 0.5) is 89.6 Å². The van der Waals surface area contributed by atoms with Crippen LogP contribution in [0.15, 0.2) is 241 Å². The molecular weight excluding hydrogens is 2270 g/mol. The number of urea groups is 1. The van der Waals surface area contributed by atoms with E-state index in [2.05, 4.69) is 92.3 Å². The van der Waals surface area contributed by atoms with Crippen molar-refractivity contribution in [2.24, 2.45) is 0 Å². The number of aromatic hydroxyl groups is 1. The highest BCUT2D eigenvalue weighted by Gasteiger charge is 2.51. The van der Waals surface area contributed by atoms with Crippen LogP contribution in [0.2, 0.25) is 0 Å². The van der Waals surface area contributed by atoms with Crippen molar-refractivity contribution >= 4 is 154 Å². The van der Waals surface area contributed by atoms with Crippen LogP contribution in [-0.4, -0.2) is 120 Å². The number of amides is 3. The first kappa shape index (κ1) is 115. The third-order valence-corrected chi connectivity index (χ3v) is 26.5. The molecular formula is C95H71Br3Cl2F18N8O17S3. The van der Waals surface area contributed by atoms with Crippen LogP contribution in [-0.2, 0) is 37.3 Å². The number of rotatable bonds is 22. The van der Waals surface area contributed by atoms with Crippen LogP contribution < -0.4 is 49.3 Å². The van der Waals surface area contributed by atoms with Crippen molar-refractivity contribution in [3.05, 3.63) is 355 Å². The summed E-state index contributed by atoms with van der Waals surface area (Å²) < 4.78 is 333. The smallest absolute Gasteiger partial charge is 0.357 e. The molecule has 15 aromatic rings. The van der Waals surface area contributed by atoms with E-state index >= 15 is 8.78 Å². The van der Waals surface area contributed by atoms with E-state index in [1.807, 2.05) is 60.7 Å². The second-order valence-corrected chi connectivity index (χ2v) is 37.4. The van der Waals surface area contributed by atoms with E-state index in [1.165, 1.54) is 112 Å². The number of benzene rings is 11. The number of halogens is 23. The lowest BCUT2D eigenvalue weighted by Crippen LogP contribution is -2.38. The molecule has 0 atom stereocenters. The third-order valence-electron chi connectivity index (χ3n) is 20.6. The van der Waals surface area contributed by atoms with E-state index in [4.69, 9.17) is 52.1 Å². The number of methoxy groups -OCH3 is 4. The van der Waals surface area contributed by atoms with Crippen molar-refractivity contribution in [1.29, 1.82) is 0 Å². The number of nitrogens with one attached hydrogen (secondary N) is 1. The quantitative estimate of drug-likeness (QED) is 0.0121. The third kappa shape index (κ3) is 25.8. The molecule has 25 nitrogen and oxygen atoms in total. The number of thioether (sulfide) groups is 1. The maximum Gasteiger partial charge on any atom is 0.357 e. The van der Waals surface area contributed by atoms with Gasteiger partial charge in [-0.3, -0.25) is 32.9 Å². The number of phenols is 1. The van der Waals surface area contributed by atoms with E-state index in [0.29, 0.717) is 65.2 Å². The molecule has 11 aromatic carbocycles. The molecule has 1 aliphatic rings. The van der Waals surface area contributed by atoms with Gasteiger partial charge in [0.25, 0.3) is 22.6 Å². The second-order valence-electron chi connectivity index (χ2n) is 30.0. The van der Waals surface area contributed by atoms with Crippen molar-refractivity contribution < 1.29 is 142 Å². The molecule has 0 radical (unpaired) electrons. The number of imide groups is 1. The van der Waals surface area contributed by atoms with Crippen molar-refractivity contribution in [2.75, 3.05) is 53.4 Å². The molecule has 0 bridgehead atoms. The average Bonchev–Trinajstić information content (AvgIpc) is 1.13. The molecule has 146 heavy (non-hydrogen) atoms. The number of carbonyl (C=O) groups excluding carboxylic acids is 2. The Morgan fingerprint density at radius 3 is 1.10 bits per heavy atom. The van der Waals surface area contributed by atoms with Crippen LogP contribution >= 0.6 is 83.1 Å². The van der Waals surface area contributed by atoms with Gasteiger partial charge in [0.15, 0.2) is 11.6 Å². The minimum absolute atomic E-state index is 0.0550. The number of aromatic nitrogens is 4. The summed E-state index contributed by atoms with van der Waals surface area (Å²) in [6, 6.07) is 46.8. The second kappa shape index (κ2) is 49.2. The van der Waals surface area contributed by atoms with Gasteiger partial charge in [-0.15, -0.1) is 11.8 Å². The van der Waals surface area contributed by atoms with E-state index in [0.717, 1.165) is 71.4 Å². The van der Waals surface area contributed by atoms with Gasteiger partial charge in [0.2, 0.25) is 98.8 Å². The first-order chi connectivity index (χ1) is 68.9. The molecule has 0 spiro atoms. The number of hydrogen-bond donors (Lipinski definition) is 2. The number of anilines is 1. The van der Waals surface area contributed by atoms with Crippen LogP contribution in [0, 0.1) is 105 Å². The first-order valence-electron chi connectivity index (χ1n) is 41.3. The monoisotopic (exact) mass is 2340 g/mol. The van der Waals surface area contributed by atoms with Gasteiger partial charge < -0.3 is 47.2 Å². The number of carbonyl (C=O) groups is 2.